The summed E-state index contributed by atoms with van der Waals surface area (Å²) in [6.07, 6.45) is 3.78. The van der Waals surface area contributed by atoms with Crippen LogP contribution in [0.4, 0.5) is 0 Å². The molecule has 0 aliphatic carbocycles. The Morgan fingerprint density at radius 3 is 3.00 bits per heavy atom. The van der Waals surface area contributed by atoms with Gasteiger partial charge in [-0.3, -0.25) is 0 Å². The molecule has 0 radical (unpaired) electrons. The van der Waals surface area contributed by atoms with Crippen molar-refractivity contribution in [3.05, 3.63) is 29.3 Å². The lowest BCUT2D eigenvalue weighted by Crippen LogP contribution is -2.30. The maximum atomic E-state index is 5.45. The van der Waals surface area contributed by atoms with Gasteiger partial charge in [-0.05, 0) is 62.4 Å². The molecule has 1 aromatic carbocycles. The van der Waals surface area contributed by atoms with Gasteiger partial charge in [0, 0.05) is 0 Å². The molecule has 1 saturated heterocycles. The number of rotatable bonds is 3. The zero-order chi connectivity index (χ0) is 11.4. The van der Waals surface area contributed by atoms with E-state index in [-0.39, 0.29) is 0 Å². The van der Waals surface area contributed by atoms with Crippen LogP contribution in [0.2, 0.25) is 0 Å². The van der Waals surface area contributed by atoms with E-state index in [4.69, 9.17) is 4.74 Å². The van der Waals surface area contributed by atoms with Crippen molar-refractivity contribution in [3.8, 4) is 5.75 Å². The molecule has 1 heterocycles. The summed E-state index contributed by atoms with van der Waals surface area (Å²) in [5, 5.41) is 3.46. The zero-order valence-electron chi connectivity index (χ0n) is 10.3. The second-order valence-electron chi connectivity index (χ2n) is 4.73. The molecule has 88 valence electrons. The average molecular weight is 219 g/mol. The highest BCUT2D eigenvalue weighted by Crippen LogP contribution is 2.25. The van der Waals surface area contributed by atoms with Crippen LogP contribution in [0.25, 0.3) is 0 Å². The minimum absolute atomic E-state index is 0.769. The van der Waals surface area contributed by atoms with Crippen molar-refractivity contribution in [1.82, 2.24) is 5.32 Å². The second kappa shape index (κ2) is 5.35. The van der Waals surface area contributed by atoms with E-state index in [0.717, 1.165) is 24.6 Å². The molecular formula is C14H21NO. The molecule has 0 spiro atoms. The van der Waals surface area contributed by atoms with E-state index in [9.17, 15) is 0 Å². The van der Waals surface area contributed by atoms with Crippen molar-refractivity contribution < 1.29 is 4.74 Å². The van der Waals surface area contributed by atoms with Crippen LogP contribution in [0, 0.1) is 12.8 Å². The first-order valence-corrected chi connectivity index (χ1v) is 6.14. The van der Waals surface area contributed by atoms with E-state index in [1.807, 2.05) is 0 Å². The van der Waals surface area contributed by atoms with Crippen molar-refractivity contribution in [1.29, 1.82) is 0 Å². The highest BCUT2D eigenvalue weighted by Gasteiger charge is 2.15. The molecule has 16 heavy (non-hydrogen) atoms. The molecular weight excluding hydrogens is 198 g/mol. The van der Waals surface area contributed by atoms with Crippen LogP contribution in [0.3, 0.4) is 0 Å². The molecule has 1 atom stereocenters. The molecule has 0 saturated carbocycles. The first-order valence-electron chi connectivity index (χ1n) is 6.14. The lowest BCUT2D eigenvalue weighted by atomic mass is 9.91. The lowest BCUT2D eigenvalue weighted by molar-refractivity contribution is 0.364. The maximum Gasteiger partial charge on any atom is 0.122 e. The topological polar surface area (TPSA) is 21.3 Å². The number of aryl methyl sites for hydroxylation is 1. The molecule has 2 heteroatoms. The van der Waals surface area contributed by atoms with Crippen LogP contribution in [0.15, 0.2) is 18.2 Å². The molecule has 1 aliphatic rings. The Morgan fingerprint density at radius 1 is 1.44 bits per heavy atom. The lowest BCUT2D eigenvalue weighted by Gasteiger charge is -2.23. The van der Waals surface area contributed by atoms with Crippen molar-refractivity contribution >= 4 is 0 Å². The van der Waals surface area contributed by atoms with Gasteiger partial charge < -0.3 is 10.1 Å². The molecule has 2 nitrogen and oxygen atoms in total. The molecule has 1 unspecified atom stereocenters. The van der Waals surface area contributed by atoms with Crippen LogP contribution in [-0.4, -0.2) is 20.2 Å². The Balaban J connectivity index is 2.07. The molecule has 1 aromatic rings. The van der Waals surface area contributed by atoms with Crippen LogP contribution in [0.1, 0.15) is 24.0 Å². The van der Waals surface area contributed by atoms with Gasteiger partial charge in [0.05, 0.1) is 7.11 Å². The SMILES string of the molecule is COc1cc(C)ccc1CC1CCCNC1. The summed E-state index contributed by atoms with van der Waals surface area (Å²) < 4.78 is 5.45. The highest BCUT2D eigenvalue weighted by molar-refractivity contribution is 5.37. The number of hydrogen-bond acceptors (Lipinski definition) is 2. The molecule has 1 fully saturated rings. The number of benzene rings is 1. The summed E-state index contributed by atoms with van der Waals surface area (Å²) in [5.41, 5.74) is 2.61. The van der Waals surface area contributed by atoms with E-state index in [2.05, 4.69) is 30.4 Å². The summed E-state index contributed by atoms with van der Waals surface area (Å²) in [5.74, 6) is 1.82. The monoisotopic (exact) mass is 219 g/mol. The third kappa shape index (κ3) is 2.76. The van der Waals surface area contributed by atoms with Crippen molar-refractivity contribution in [2.45, 2.75) is 26.2 Å². The van der Waals surface area contributed by atoms with Gasteiger partial charge in [-0.25, -0.2) is 0 Å². The number of nitrogens with one attached hydrogen (secondary N) is 1. The predicted molar refractivity (Wildman–Crippen MR) is 67.0 cm³/mol. The van der Waals surface area contributed by atoms with Crippen LogP contribution in [0.5, 0.6) is 5.75 Å². The fourth-order valence-electron chi connectivity index (χ4n) is 2.43. The molecule has 2 rings (SSSR count). The Bertz CT molecular complexity index is 343. The van der Waals surface area contributed by atoms with Crippen LogP contribution >= 0.6 is 0 Å². The Kier molecular flexibility index (Phi) is 3.83. The fraction of sp³-hybridized carbons (Fsp3) is 0.571. The summed E-state index contributed by atoms with van der Waals surface area (Å²) in [4.78, 5) is 0. The third-order valence-corrected chi connectivity index (χ3v) is 3.35. The number of piperidine rings is 1. The van der Waals surface area contributed by atoms with Gasteiger partial charge >= 0.3 is 0 Å². The molecule has 0 aromatic heterocycles. The summed E-state index contributed by atoms with van der Waals surface area (Å²) in [6.45, 7) is 4.44. The zero-order valence-corrected chi connectivity index (χ0v) is 10.3. The number of hydrogen-bond donors (Lipinski definition) is 1. The summed E-state index contributed by atoms with van der Waals surface area (Å²) >= 11 is 0. The highest BCUT2D eigenvalue weighted by atomic mass is 16.5. The van der Waals surface area contributed by atoms with Gasteiger partial charge in [-0.1, -0.05) is 12.1 Å². The second-order valence-corrected chi connectivity index (χ2v) is 4.73. The largest absolute Gasteiger partial charge is 0.496 e. The van der Waals surface area contributed by atoms with E-state index in [0.29, 0.717) is 0 Å². The van der Waals surface area contributed by atoms with Crippen LogP contribution in [-0.2, 0) is 6.42 Å². The van der Waals surface area contributed by atoms with Gasteiger partial charge in [0.2, 0.25) is 0 Å². The van der Waals surface area contributed by atoms with E-state index < -0.39 is 0 Å². The normalized spacial score (nSPS) is 20.8. The Morgan fingerprint density at radius 2 is 2.31 bits per heavy atom. The van der Waals surface area contributed by atoms with Crippen molar-refractivity contribution in [2.24, 2.45) is 5.92 Å². The summed E-state index contributed by atoms with van der Waals surface area (Å²) in [7, 11) is 1.76. The van der Waals surface area contributed by atoms with Crippen LogP contribution < -0.4 is 10.1 Å². The predicted octanol–water partition coefficient (Wildman–Crippen LogP) is 2.55. The van der Waals surface area contributed by atoms with Crippen molar-refractivity contribution in [2.75, 3.05) is 20.2 Å². The molecule has 0 bridgehead atoms. The molecule has 1 aliphatic heterocycles. The Hall–Kier alpha value is -1.02. The van der Waals surface area contributed by atoms with Gasteiger partial charge in [0.1, 0.15) is 5.75 Å². The number of methoxy groups -OCH3 is 1. The van der Waals surface area contributed by atoms with E-state index in [1.54, 1.807) is 7.11 Å². The van der Waals surface area contributed by atoms with E-state index in [1.165, 1.54) is 30.5 Å². The third-order valence-electron chi connectivity index (χ3n) is 3.35. The average Bonchev–Trinajstić information content (AvgIpc) is 2.33. The van der Waals surface area contributed by atoms with Gasteiger partial charge in [-0.2, -0.15) is 0 Å². The first-order chi connectivity index (χ1) is 7.79. The van der Waals surface area contributed by atoms with Gasteiger partial charge in [0.25, 0.3) is 0 Å². The van der Waals surface area contributed by atoms with Gasteiger partial charge in [-0.15, -0.1) is 0 Å². The first kappa shape index (κ1) is 11.5. The molecule has 1 N–H and O–H groups in total. The maximum absolute atomic E-state index is 5.45. The van der Waals surface area contributed by atoms with Gasteiger partial charge in [0.15, 0.2) is 0 Å². The smallest absolute Gasteiger partial charge is 0.122 e. The standard InChI is InChI=1S/C14H21NO/c1-11-5-6-13(14(8-11)16-2)9-12-4-3-7-15-10-12/h5-6,8,12,15H,3-4,7,9-10H2,1-2H3. The quantitative estimate of drug-likeness (QED) is 0.843. The minimum Gasteiger partial charge on any atom is -0.496 e. The van der Waals surface area contributed by atoms with Crippen molar-refractivity contribution in [3.63, 3.8) is 0 Å². The fourth-order valence-corrected chi connectivity index (χ4v) is 2.43. The molecule has 0 amide bonds. The van der Waals surface area contributed by atoms with E-state index >= 15 is 0 Å². The Labute approximate surface area is 98.0 Å². The summed E-state index contributed by atoms with van der Waals surface area (Å²) in [6, 6.07) is 6.52. The number of ether oxygens (including phenoxy) is 1. The minimum atomic E-state index is 0.769.